The van der Waals surface area contributed by atoms with Gasteiger partial charge in [0.05, 0.1) is 10.6 Å². The SMILES string of the molecule is CN(CC1CCCC1)c1ccc(C#N)c(Cl)c1. The van der Waals surface area contributed by atoms with Crippen LogP contribution in [-0.4, -0.2) is 13.6 Å². The van der Waals surface area contributed by atoms with Gasteiger partial charge in [0, 0.05) is 19.3 Å². The first kappa shape index (κ1) is 12.3. The maximum atomic E-state index is 8.83. The summed E-state index contributed by atoms with van der Waals surface area (Å²) in [6.45, 7) is 1.09. The molecule has 1 saturated carbocycles. The van der Waals surface area contributed by atoms with Gasteiger partial charge in [0.15, 0.2) is 0 Å². The van der Waals surface area contributed by atoms with E-state index in [4.69, 9.17) is 16.9 Å². The number of anilines is 1. The molecule has 1 aromatic carbocycles. The number of nitrogens with zero attached hydrogens (tertiary/aromatic N) is 2. The molecule has 0 heterocycles. The zero-order valence-corrected chi connectivity index (χ0v) is 10.9. The minimum Gasteiger partial charge on any atom is -0.374 e. The lowest BCUT2D eigenvalue weighted by molar-refractivity contribution is 0.547. The van der Waals surface area contributed by atoms with Crippen molar-refractivity contribution in [1.29, 1.82) is 5.26 Å². The van der Waals surface area contributed by atoms with Gasteiger partial charge in [-0.2, -0.15) is 5.26 Å². The summed E-state index contributed by atoms with van der Waals surface area (Å²) in [4.78, 5) is 2.24. The fourth-order valence-corrected chi connectivity index (χ4v) is 2.73. The normalized spacial score (nSPS) is 15.8. The van der Waals surface area contributed by atoms with E-state index in [0.717, 1.165) is 18.2 Å². The van der Waals surface area contributed by atoms with Crippen LogP contribution in [0.3, 0.4) is 0 Å². The van der Waals surface area contributed by atoms with Crippen molar-refractivity contribution in [3.8, 4) is 6.07 Å². The van der Waals surface area contributed by atoms with Gasteiger partial charge in [-0.05, 0) is 37.0 Å². The van der Waals surface area contributed by atoms with Crippen molar-refractivity contribution in [2.45, 2.75) is 25.7 Å². The van der Waals surface area contributed by atoms with Crippen LogP contribution in [0.15, 0.2) is 18.2 Å². The molecule has 0 spiro atoms. The molecule has 1 fully saturated rings. The molecule has 0 aromatic heterocycles. The Hall–Kier alpha value is -1.20. The number of rotatable bonds is 3. The highest BCUT2D eigenvalue weighted by Crippen LogP contribution is 2.28. The molecule has 0 bridgehead atoms. The van der Waals surface area contributed by atoms with Crippen LogP contribution >= 0.6 is 11.6 Å². The minimum absolute atomic E-state index is 0.545. The second-order valence-electron chi connectivity index (χ2n) is 4.81. The maximum absolute atomic E-state index is 8.83. The second-order valence-corrected chi connectivity index (χ2v) is 5.21. The number of nitriles is 1. The number of hydrogen-bond donors (Lipinski definition) is 0. The Morgan fingerprint density at radius 3 is 2.71 bits per heavy atom. The first-order valence-electron chi connectivity index (χ1n) is 6.11. The van der Waals surface area contributed by atoms with Crippen molar-refractivity contribution in [3.05, 3.63) is 28.8 Å². The third-order valence-corrected chi connectivity index (χ3v) is 3.83. The van der Waals surface area contributed by atoms with Gasteiger partial charge in [-0.25, -0.2) is 0 Å². The summed E-state index contributed by atoms with van der Waals surface area (Å²) in [7, 11) is 2.09. The minimum atomic E-state index is 0.545. The van der Waals surface area contributed by atoms with Crippen molar-refractivity contribution < 1.29 is 0 Å². The molecule has 1 aromatic rings. The van der Waals surface area contributed by atoms with E-state index < -0.39 is 0 Å². The van der Waals surface area contributed by atoms with Crippen LogP contribution in [0.2, 0.25) is 5.02 Å². The third kappa shape index (κ3) is 2.92. The van der Waals surface area contributed by atoms with Crippen molar-refractivity contribution in [1.82, 2.24) is 0 Å². The largest absolute Gasteiger partial charge is 0.374 e. The molecule has 3 heteroatoms. The van der Waals surface area contributed by atoms with Crippen LogP contribution in [0.4, 0.5) is 5.69 Å². The Morgan fingerprint density at radius 1 is 1.41 bits per heavy atom. The van der Waals surface area contributed by atoms with E-state index in [-0.39, 0.29) is 0 Å². The van der Waals surface area contributed by atoms with Crippen molar-refractivity contribution in [2.24, 2.45) is 5.92 Å². The van der Waals surface area contributed by atoms with Gasteiger partial charge in [0.25, 0.3) is 0 Å². The third-order valence-electron chi connectivity index (χ3n) is 3.52. The summed E-state index contributed by atoms with van der Waals surface area (Å²) in [5.74, 6) is 0.814. The molecule has 0 aliphatic heterocycles. The molecular formula is C14H17ClN2. The van der Waals surface area contributed by atoms with E-state index >= 15 is 0 Å². The molecule has 0 atom stereocenters. The molecule has 2 rings (SSSR count). The summed E-state index contributed by atoms with van der Waals surface area (Å²) in [5, 5.41) is 9.37. The topological polar surface area (TPSA) is 27.0 Å². The lowest BCUT2D eigenvalue weighted by Gasteiger charge is -2.23. The average molecular weight is 249 g/mol. The first-order chi connectivity index (χ1) is 8.20. The van der Waals surface area contributed by atoms with Crippen LogP contribution in [0.1, 0.15) is 31.2 Å². The number of hydrogen-bond acceptors (Lipinski definition) is 2. The molecule has 90 valence electrons. The molecule has 0 saturated heterocycles. The van der Waals surface area contributed by atoms with E-state index in [9.17, 15) is 0 Å². The monoisotopic (exact) mass is 248 g/mol. The molecular weight excluding hydrogens is 232 g/mol. The van der Waals surface area contributed by atoms with Crippen LogP contribution in [0.25, 0.3) is 0 Å². The highest BCUT2D eigenvalue weighted by atomic mass is 35.5. The highest BCUT2D eigenvalue weighted by Gasteiger charge is 2.17. The van der Waals surface area contributed by atoms with Crippen molar-refractivity contribution in [2.75, 3.05) is 18.5 Å². The zero-order valence-electron chi connectivity index (χ0n) is 10.1. The Bertz CT molecular complexity index is 430. The molecule has 1 aliphatic carbocycles. The van der Waals surface area contributed by atoms with Crippen LogP contribution < -0.4 is 4.90 Å². The predicted octanol–water partition coefficient (Wildman–Crippen LogP) is 3.84. The summed E-state index contributed by atoms with van der Waals surface area (Å²) >= 11 is 6.04. The maximum Gasteiger partial charge on any atom is 0.101 e. The fraction of sp³-hybridized carbons (Fsp3) is 0.500. The molecule has 2 nitrogen and oxygen atoms in total. The fourth-order valence-electron chi connectivity index (χ4n) is 2.52. The summed E-state index contributed by atoms with van der Waals surface area (Å²) in [5.41, 5.74) is 1.64. The Morgan fingerprint density at radius 2 is 2.12 bits per heavy atom. The van der Waals surface area contributed by atoms with Gasteiger partial charge in [-0.1, -0.05) is 24.4 Å². The van der Waals surface area contributed by atoms with Crippen molar-refractivity contribution >= 4 is 17.3 Å². The highest BCUT2D eigenvalue weighted by molar-refractivity contribution is 6.32. The van der Waals surface area contributed by atoms with E-state index in [1.54, 1.807) is 6.07 Å². The lowest BCUT2D eigenvalue weighted by Crippen LogP contribution is -2.23. The molecule has 0 radical (unpaired) electrons. The summed E-state index contributed by atoms with van der Waals surface area (Å²) in [6, 6.07) is 7.73. The zero-order chi connectivity index (χ0) is 12.3. The summed E-state index contributed by atoms with van der Waals surface area (Å²) in [6.07, 6.45) is 5.42. The molecule has 17 heavy (non-hydrogen) atoms. The average Bonchev–Trinajstić information content (AvgIpc) is 2.81. The van der Waals surface area contributed by atoms with Crippen LogP contribution in [0, 0.1) is 17.2 Å². The molecule has 0 unspecified atom stereocenters. The van der Waals surface area contributed by atoms with E-state index in [0.29, 0.717) is 10.6 Å². The second kappa shape index (κ2) is 5.42. The van der Waals surface area contributed by atoms with Gasteiger partial charge < -0.3 is 4.90 Å². The Labute approximate surface area is 108 Å². The van der Waals surface area contributed by atoms with Crippen molar-refractivity contribution in [3.63, 3.8) is 0 Å². The lowest BCUT2D eigenvalue weighted by atomic mass is 10.1. The van der Waals surface area contributed by atoms with Gasteiger partial charge in [0.1, 0.15) is 6.07 Å². The van der Waals surface area contributed by atoms with E-state index in [2.05, 4.69) is 18.0 Å². The van der Waals surface area contributed by atoms with E-state index in [1.807, 2.05) is 12.1 Å². The van der Waals surface area contributed by atoms with Gasteiger partial charge in [-0.3, -0.25) is 0 Å². The van der Waals surface area contributed by atoms with Crippen LogP contribution in [-0.2, 0) is 0 Å². The number of benzene rings is 1. The smallest absolute Gasteiger partial charge is 0.101 e. The van der Waals surface area contributed by atoms with Gasteiger partial charge >= 0.3 is 0 Å². The number of halogens is 1. The molecule has 0 amide bonds. The first-order valence-corrected chi connectivity index (χ1v) is 6.49. The predicted molar refractivity (Wildman–Crippen MR) is 71.4 cm³/mol. The molecule has 1 aliphatic rings. The standard InChI is InChI=1S/C14H17ClN2/c1-17(10-11-4-2-3-5-11)13-7-6-12(9-16)14(15)8-13/h6-8,11H,2-5,10H2,1H3. The van der Waals surface area contributed by atoms with E-state index in [1.165, 1.54) is 25.7 Å². The van der Waals surface area contributed by atoms with Crippen LogP contribution in [0.5, 0.6) is 0 Å². The summed E-state index contributed by atoms with van der Waals surface area (Å²) < 4.78 is 0. The molecule has 0 N–H and O–H groups in total. The van der Waals surface area contributed by atoms with Gasteiger partial charge in [0.2, 0.25) is 0 Å². The Kier molecular flexibility index (Phi) is 3.91. The Balaban J connectivity index is 2.06. The van der Waals surface area contributed by atoms with Gasteiger partial charge in [-0.15, -0.1) is 0 Å². The quantitative estimate of drug-likeness (QED) is 0.813.